The minimum absolute atomic E-state index is 0.0810. The molecule has 2 rings (SSSR count). The lowest BCUT2D eigenvalue weighted by Crippen LogP contribution is -2.03. The first kappa shape index (κ1) is 9.09. The van der Waals surface area contributed by atoms with Gasteiger partial charge in [-0.1, -0.05) is 30.3 Å². The first-order chi connectivity index (χ1) is 6.86. The van der Waals surface area contributed by atoms with Gasteiger partial charge in [0.1, 0.15) is 5.69 Å². The van der Waals surface area contributed by atoms with Crippen LogP contribution in [0.3, 0.4) is 0 Å². The Morgan fingerprint density at radius 1 is 1.21 bits per heavy atom. The number of benzene rings is 1. The fourth-order valence-electron chi connectivity index (χ4n) is 1.23. The van der Waals surface area contributed by atoms with E-state index in [1.165, 1.54) is 11.5 Å². The highest BCUT2D eigenvalue weighted by Crippen LogP contribution is 2.06. The zero-order valence-electron chi connectivity index (χ0n) is 7.51. The molecule has 0 fully saturated rings. The predicted octanol–water partition coefficient (Wildman–Crippen LogP) is 2.57. The molecule has 0 unspecified atom stereocenters. The van der Waals surface area contributed by atoms with E-state index in [9.17, 15) is 4.79 Å². The van der Waals surface area contributed by atoms with Crippen molar-refractivity contribution >= 4 is 17.3 Å². The second-order valence-electron chi connectivity index (χ2n) is 2.97. The van der Waals surface area contributed by atoms with Crippen LogP contribution in [0, 0.1) is 0 Å². The Hall–Kier alpha value is -1.48. The van der Waals surface area contributed by atoms with E-state index in [2.05, 4.69) is 4.37 Å². The lowest BCUT2D eigenvalue weighted by molar-refractivity contribution is 0.0989. The van der Waals surface area contributed by atoms with E-state index < -0.39 is 0 Å². The normalized spacial score (nSPS) is 10.0. The van der Waals surface area contributed by atoms with E-state index in [1.54, 1.807) is 6.07 Å². The van der Waals surface area contributed by atoms with Crippen LogP contribution >= 0.6 is 11.5 Å². The fraction of sp³-hybridized carbons (Fsp3) is 0.0909. The van der Waals surface area contributed by atoms with E-state index in [4.69, 9.17) is 0 Å². The van der Waals surface area contributed by atoms with Crippen molar-refractivity contribution in [2.24, 2.45) is 0 Å². The highest BCUT2D eigenvalue weighted by Gasteiger charge is 2.07. The average Bonchev–Trinajstić information content (AvgIpc) is 2.72. The maximum Gasteiger partial charge on any atom is 0.186 e. The Labute approximate surface area is 86.4 Å². The lowest BCUT2D eigenvalue weighted by atomic mass is 10.1. The van der Waals surface area contributed by atoms with E-state index >= 15 is 0 Å². The molecule has 0 aliphatic rings. The van der Waals surface area contributed by atoms with E-state index in [-0.39, 0.29) is 5.78 Å². The molecule has 0 spiro atoms. The summed E-state index contributed by atoms with van der Waals surface area (Å²) >= 11 is 1.31. The summed E-state index contributed by atoms with van der Waals surface area (Å²) in [7, 11) is 0. The first-order valence-corrected chi connectivity index (χ1v) is 5.17. The number of ketones is 1. The van der Waals surface area contributed by atoms with Gasteiger partial charge in [-0.3, -0.25) is 4.79 Å². The van der Waals surface area contributed by atoms with Gasteiger partial charge in [0.05, 0.1) is 0 Å². The quantitative estimate of drug-likeness (QED) is 0.717. The number of carbonyl (C=O) groups is 1. The molecule has 0 atom stereocenters. The molecule has 0 N–H and O–H groups in total. The van der Waals surface area contributed by atoms with Crippen molar-refractivity contribution in [1.82, 2.24) is 4.37 Å². The number of hydrogen-bond donors (Lipinski definition) is 0. The monoisotopic (exact) mass is 203 g/mol. The highest BCUT2D eigenvalue weighted by atomic mass is 32.1. The van der Waals surface area contributed by atoms with Gasteiger partial charge < -0.3 is 0 Å². The van der Waals surface area contributed by atoms with Crippen molar-refractivity contribution in [3.63, 3.8) is 0 Å². The van der Waals surface area contributed by atoms with Crippen molar-refractivity contribution in [3.05, 3.63) is 53.0 Å². The van der Waals surface area contributed by atoms with Gasteiger partial charge in [0.15, 0.2) is 5.78 Å². The van der Waals surface area contributed by atoms with Gasteiger partial charge in [-0.25, -0.2) is 0 Å². The van der Waals surface area contributed by atoms with Gasteiger partial charge in [0, 0.05) is 11.8 Å². The van der Waals surface area contributed by atoms with Crippen LogP contribution < -0.4 is 0 Å². The van der Waals surface area contributed by atoms with Gasteiger partial charge in [-0.05, 0) is 23.2 Å². The zero-order valence-corrected chi connectivity index (χ0v) is 8.33. The van der Waals surface area contributed by atoms with Crippen LogP contribution in [0.4, 0.5) is 0 Å². The van der Waals surface area contributed by atoms with Crippen LogP contribution in [-0.2, 0) is 6.42 Å². The summed E-state index contributed by atoms with van der Waals surface area (Å²) in [4.78, 5) is 11.6. The van der Waals surface area contributed by atoms with Crippen LogP contribution in [0.2, 0.25) is 0 Å². The van der Waals surface area contributed by atoms with Crippen molar-refractivity contribution in [2.75, 3.05) is 0 Å². The van der Waals surface area contributed by atoms with Gasteiger partial charge in [0.25, 0.3) is 0 Å². The Morgan fingerprint density at radius 2 is 2.00 bits per heavy atom. The molecule has 2 aromatic rings. The summed E-state index contributed by atoms with van der Waals surface area (Å²) in [6.07, 6.45) is 0.435. The topological polar surface area (TPSA) is 30.0 Å². The number of hydrogen-bond acceptors (Lipinski definition) is 3. The molecule has 14 heavy (non-hydrogen) atoms. The number of nitrogens with zero attached hydrogens (tertiary/aromatic N) is 1. The van der Waals surface area contributed by atoms with Crippen LogP contribution in [0.5, 0.6) is 0 Å². The Morgan fingerprint density at radius 3 is 2.64 bits per heavy atom. The summed E-state index contributed by atoms with van der Waals surface area (Å²) in [5.41, 5.74) is 1.60. The van der Waals surface area contributed by atoms with Gasteiger partial charge in [-0.15, -0.1) is 0 Å². The largest absolute Gasteiger partial charge is 0.292 e. The Kier molecular flexibility index (Phi) is 2.70. The first-order valence-electron chi connectivity index (χ1n) is 4.34. The van der Waals surface area contributed by atoms with E-state index in [0.29, 0.717) is 12.1 Å². The van der Waals surface area contributed by atoms with Crippen molar-refractivity contribution < 1.29 is 4.79 Å². The fourth-order valence-corrected chi connectivity index (χ4v) is 1.76. The third kappa shape index (κ3) is 2.06. The minimum Gasteiger partial charge on any atom is -0.292 e. The third-order valence-electron chi connectivity index (χ3n) is 1.93. The summed E-state index contributed by atoms with van der Waals surface area (Å²) < 4.78 is 4.00. The maximum atomic E-state index is 11.6. The van der Waals surface area contributed by atoms with Crippen molar-refractivity contribution in [2.45, 2.75) is 6.42 Å². The molecule has 0 aliphatic carbocycles. The molecule has 0 amide bonds. The molecule has 0 radical (unpaired) electrons. The summed E-state index contributed by atoms with van der Waals surface area (Å²) in [5.74, 6) is 0.0810. The van der Waals surface area contributed by atoms with Gasteiger partial charge in [-0.2, -0.15) is 4.37 Å². The average molecular weight is 203 g/mol. The second-order valence-corrected chi connectivity index (χ2v) is 3.64. The van der Waals surface area contributed by atoms with Crippen molar-refractivity contribution in [1.29, 1.82) is 0 Å². The van der Waals surface area contributed by atoms with Crippen LogP contribution in [0.1, 0.15) is 16.1 Å². The number of aromatic nitrogens is 1. The summed E-state index contributed by atoms with van der Waals surface area (Å²) in [6, 6.07) is 11.5. The molecule has 1 heterocycles. The summed E-state index contributed by atoms with van der Waals surface area (Å²) in [6.45, 7) is 0. The van der Waals surface area contributed by atoms with Crippen molar-refractivity contribution in [3.8, 4) is 0 Å². The molecule has 0 saturated heterocycles. The smallest absolute Gasteiger partial charge is 0.186 e. The standard InChI is InChI=1S/C11H9NOS/c13-11(10-6-7-14-12-10)8-9-4-2-1-3-5-9/h1-7H,8H2. The summed E-state index contributed by atoms with van der Waals surface area (Å²) in [5, 5.41) is 1.82. The molecule has 0 saturated carbocycles. The van der Waals surface area contributed by atoms with E-state index in [1.807, 2.05) is 35.7 Å². The Bertz CT molecular complexity index is 408. The highest BCUT2D eigenvalue weighted by molar-refractivity contribution is 7.03. The molecule has 1 aromatic carbocycles. The maximum absolute atomic E-state index is 11.6. The predicted molar refractivity (Wildman–Crippen MR) is 56.6 cm³/mol. The molecule has 0 bridgehead atoms. The Balaban J connectivity index is 2.10. The van der Waals surface area contributed by atoms with E-state index in [0.717, 1.165) is 5.56 Å². The SMILES string of the molecule is O=C(Cc1ccccc1)c1ccsn1. The molecule has 0 aliphatic heterocycles. The second kappa shape index (κ2) is 4.15. The molecular weight excluding hydrogens is 194 g/mol. The van der Waals surface area contributed by atoms with Crippen LogP contribution in [0.25, 0.3) is 0 Å². The zero-order chi connectivity index (χ0) is 9.80. The third-order valence-corrected chi connectivity index (χ3v) is 2.49. The molecule has 70 valence electrons. The van der Waals surface area contributed by atoms with Gasteiger partial charge >= 0.3 is 0 Å². The molecular formula is C11H9NOS. The minimum atomic E-state index is 0.0810. The molecule has 2 nitrogen and oxygen atoms in total. The number of rotatable bonds is 3. The molecule has 3 heteroatoms. The lowest BCUT2D eigenvalue weighted by Gasteiger charge is -1.97. The number of Topliss-reactive ketones (excluding diaryl/α,β-unsaturated/α-hetero) is 1. The van der Waals surface area contributed by atoms with Crippen LogP contribution in [-0.4, -0.2) is 10.2 Å². The molecule has 1 aromatic heterocycles. The van der Waals surface area contributed by atoms with Gasteiger partial charge in [0.2, 0.25) is 0 Å². The van der Waals surface area contributed by atoms with Crippen LogP contribution in [0.15, 0.2) is 41.8 Å². The number of carbonyl (C=O) groups excluding carboxylic acids is 1.